The van der Waals surface area contributed by atoms with Crippen LogP contribution in [0.15, 0.2) is 54.6 Å². The van der Waals surface area contributed by atoms with Gasteiger partial charge in [0.15, 0.2) is 0 Å². The molecule has 168 valence electrons. The van der Waals surface area contributed by atoms with E-state index >= 15 is 0 Å². The molecule has 0 spiro atoms. The van der Waals surface area contributed by atoms with Gasteiger partial charge in [0.25, 0.3) is 11.8 Å². The standard InChI is InChI=1S/C25H30N4O3/c30-23(18-28-14-16-29(17-15-28)25(32)19-8-2-1-3-9-19)27-22-13-7-6-12-21(22)24(31)26-20-10-4-5-11-20/h1-3,6-9,12-13,20H,4-5,10-11,14-18H2,(H,26,31)(H,27,30). The zero-order valence-corrected chi connectivity index (χ0v) is 18.3. The third-order valence-electron chi connectivity index (χ3n) is 6.18. The molecule has 2 aromatic carbocycles. The molecule has 3 amide bonds. The molecule has 7 nitrogen and oxygen atoms in total. The largest absolute Gasteiger partial charge is 0.349 e. The quantitative estimate of drug-likeness (QED) is 0.733. The van der Waals surface area contributed by atoms with E-state index in [-0.39, 0.29) is 30.3 Å². The van der Waals surface area contributed by atoms with E-state index in [2.05, 4.69) is 10.6 Å². The highest BCUT2D eigenvalue weighted by atomic mass is 16.2. The molecule has 0 unspecified atom stereocenters. The Morgan fingerprint density at radius 2 is 1.50 bits per heavy atom. The molecule has 0 bridgehead atoms. The summed E-state index contributed by atoms with van der Waals surface area (Å²) in [5, 5.41) is 5.98. The highest BCUT2D eigenvalue weighted by Crippen LogP contribution is 2.20. The van der Waals surface area contributed by atoms with Crippen LogP contribution >= 0.6 is 0 Å². The number of amides is 3. The number of nitrogens with zero attached hydrogens (tertiary/aromatic N) is 2. The fourth-order valence-electron chi connectivity index (χ4n) is 4.39. The Kier molecular flexibility index (Phi) is 7.17. The van der Waals surface area contributed by atoms with Gasteiger partial charge in [0, 0.05) is 37.8 Å². The van der Waals surface area contributed by atoms with Crippen molar-refractivity contribution in [3.8, 4) is 0 Å². The summed E-state index contributed by atoms with van der Waals surface area (Å²) in [7, 11) is 0. The summed E-state index contributed by atoms with van der Waals surface area (Å²) in [6.45, 7) is 2.67. The number of carbonyl (C=O) groups excluding carboxylic acids is 3. The first-order valence-corrected chi connectivity index (χ1v) is 11.4. The van der Waals surface area contributed by atoms with Crippen molar-refractivity contribution in [2.45, 2.75) is 31.7 Å². The Bertz CT molecular complexity index is 949. The summed E-state index contributed by atoms with van der Waals surface area (Å²) >= 11 is 0. The molecule has 2 fully saturated rings. The summed E-state index contributed by atoms with van der Waals surface area (Å²) in [5.74, 6) is -0.272. The normalized spacial score (nSPS) is 17.2. The summed E-state index contributed by atoms with van der Waals surface area (Å²) in [5.41, 5.74) is 1.71. The molecule has 1 saturated carbocycles. The highest BCUT2D eigenvalue weighted by Gasteiger charge is 2.24. The van der Waals surface area contributed by atoms with Crippen molar-refractivity contribution in [3.63, 3.8) is 0 Å². The number of benzene rings is 2. The van der Waals surface area contributed by atoms with Crippen LogP contribution in [0.1, 0.15) is 46.4 Å². The van der Waals surface area contributed by atoms with Gasteiger partial charge in [-0.2, -0.15) is 0 Å². The van der Waals surface area contributed by atoms with E-state index < -0.39 is 0 Å². The van der Waals surface area contributed by atoms with E-state index in [4.69, 9.17) is 0 Å². The van der Waals surface area contributed by atoms with Crippen molar-refractivity contribution in [3.05, 3.63) is 65.7 Å². The van der Waals surface area contributed by atoms with Crippen LogP contribution in [0.2, 0.25) is 0 Å². The zero-order chi connectivity index (χ0) is 22.3. The summed E-state index contributed by atoms with van der Waals surface area (Å²) in [6.07, 6.45) is 4.32. The Morgan fingerprint density at radius 3 is 2.22 bits per heavy atom. The summed E-state index contributed by atoms with van der Waals surface area (Å²) < 4.78 is 0. The molecule has 7 heteroatoms. The van der Waals surface area contributed by atoms with Crippen molar-refractivity contribution in [1.82, 2.24) is 15.1 Å². The van der Waals surface area contributed by atoms with Gasteiger partial charge < -0.3 is 15.5 Å². The van der Waals surface area contributed by atoms with E-state index in [9.17, 15) is 14.4 Å². The topological polar surface area (TPSA) is 81.8 Å². The fraction of sp³-hybridized carbons (Fsp3) is 0.400. The van der Waals surface area contributed by atoms with Gasteiger partial charge in [-0.3, -0.25) is 19.3 Å². The van der Waals surface area contributed by atoms with Crippen LogP contribution in [0.4, 0.5) is 5.69 Å². The molecule has 1 heterocycles. The van der Waals surface area contributed by atoms with Crippen LogP contribution in [0.3, 0.4) is 0 Å². The minimum Gasteiger partial charge on any atom is -0.349 e. The molecule has 4 rings (SSSR count). The number of piperazine rings is 1. The van der Waals surface area contributed by atoms with E-state index in [0.29, 0.717) is 43.0 Å². The lowest BCUT2D eigenvalue weighted by molar-refractivity contribution is -0.117. The van der Waals surface area contributed by atoms with Crippen LogP contribution in [0.25, 0.3) is 0 Å². The number of para-hydroxylation sites is 1. The number of hydrogen-bond donors (Lipinski definition) is 2. The molecular weight excluding hydrogens is 404 g/mol. The second-order valence-corrected chi connectivity index (χ2v) is 8.48. The van der Waals surface area contributed by atoms with E-state index in [1.807, 2.05) is 52.3 Å². The van der Waals surface area contributed by atoms with Gasteiger partial charge in [0.2, 0.25) is 5.91 Å². The Balaban J connectivity index is 1.28. The molecule has 2 aromatic rings. The van der Waals surface area contributed by atoms with Crippen molar-refractivity contribution in [2.24, 2.45) is 0 Å². The molecule has 1 saturated heterocycles. The van der Waals surface area contributed by atoms with Gasteiger partial charge >= 0.3 is 0 Å². The lowest BCUT2D eigenvalue weighted by Gasteiger charge is -2.34. The van der Waals surface area contributed by atoms with Crippen molar-refractivity contribution in [1.29, 1.82) is 0 Å². The van der Waals surface area contributed by atoms with Gasteiger partial charge in [-0.05, 0) is 37.1 Å². The number of nitrogens with one attached hydrogen (secondary N) is 2. The minimum absolute atomic E-state index is 0.0249. The zero-order valence-electron chi connectivity index (χ0n) is 18.3. The molecule has 1 aliphatic carbocycles. The van der Waals surface area contributed by atoms with Gasteiger partial charge in [0.1, 0.15) is 0 Å². The molecule has 0 atom stereocenters. The lowest BCUT2D eigenvalue weighted by atomic mass is 10.1. The smallest absolute Gasteiger partial charge is 0.253 e. The van der Waals surface area contributed by atoms with Gasteiger partial charge in [0.05, 0.1) is 17.8 Å². The minimum atomic E-state index is -0.158. The fourth-order valence-corrected chi connectivity index (χ4v) is 4.39. The van der Waals surface area contributed by atoms with E-state index in [0.717, 1.165) is 25.7 Å². The maximum atomic E-state index is 12.7. The van der Waals surface area contributed by atoms with Crippen molar-refractivity contribution >= 4 is 23.4 Å². The van der Waals surface area contributed by atoms with Crippen LogP contribution in [0.5, 0.6) is 0 Å². The average Bonchev–Trinajstić information content (AvgIpc) is 3.33. The predicted molar refractivity (Wildman–Crippen MR) is 124 cm³/mol. The maximum Gasteiger partial charge on any atom is 0.253 e. The van der Waals surface area contributed by atoms with Gasteiger partial charge in [-0.15, -0.1) is 0 Å². The molecule has 0 aromatic heterocycles. The predicted octanol–water partition coefficient (Wildman–Crippen LogP) is 2.76. The highest BCUT2D eigenvalue weighted by molar-refractivity contribution is 6.04. The maximum absolute atomic E-state index is 12.7. The van der Waals surface area contributed by atoms with Crippen LogP contribution in [0, 0.1) is 0 Å². The third-order valence-corrected chi connectivity index (χ3v) is 6.18. The van der Waals surface area contributed by atoms with Crippen LogP contribution in [-0.2, 0) is 4.79 Å². The molecule has 0 radical (unpaired) electrons. The average molecular weight is 435 g/mol. The molecular formula is C25H30N4O3. The number of carbonyl (C=O) groups is 3. The van der Waals surface area contributed by atoms with E-state index in [1.165, 1.54) is 0 Å². The van der Waals surface area contributed by atoms with Gasteiger partial charge in [-0.25, -0.2) is 0 Å². The molecule has 2 N–H and O–H groups in total. The number of rotatable bonds is 6. The first-order valence-electron chi connectivity index (χ1n) is 11.4. The van der Waals surface area contributed by atoms with Gasteiger partial charge in [-0.1, -0.05) is 43.2 Å². The Hall–Kier alpha value is -3.19. The molecule has 32 heavy (non-hydrogen) atoms. The monoisotopic (exact) mass is 434 g/mol. The van der Waals surface area contributed by atoms with Crippen LogP contribution in [-0.4, -0.2) is 66.3 Å². The SMILES string of the molecule is O=C(CN1CCN(C(=O)c2ccccc2)CC1)Nc1ccccc1C(=O)NC1CCCC1. The lowest BCUT2D eigenvalue weighted by Crippen LogP contribution is -2.50. The first-order chi connectivity index (χ1) is 15.6. The van der Waals surface area contributed by atoms with Crippen LogP contribution < -0.4 is 10.6 Å². The number of anilines is 1. The second kappa shape index (κ2) is 10.4. The summed E-state index contributed by atoms with van der Waals surface area (Å²) in [6, 6.07) is 16.6. The molecule has 2 aliphatic rings. The second-order valence-electron chi connectivity index (χ2n) is 8.48. The van der Waals surface area contributed by atoms with Crippen molar-refractivity contribution in [2.75, 3.05) is 38.0 Å². The van der Waals surface area contributed by atoms with Crippen molar-refractivity contribution < 1.29 is 14.4 Å². The summed E-state index contributed by atoms with van der Waals surface area (Å²) in [4.78, 5) is 41.8. The molecule has 1 aliphatic heterocycles. The first kappa shape index (κ1) is 22.0. The Labute approximate surface area is 188 Å². The third kappa shape index (κ3) is 5.53. The Morgan fingerprint density at radius 1 is 0.844 bits per heavy atom. The van der Waals surface area contributed by atoms with E-state index in [1.54, 1.807) is 12.1 Å². The number of hydrogen-bond acceptors (Lipinski definition) is 4.